The zero-order valence-corrected chi connectivity index (χ0v) is 9.08. The van der Waals surface area contributed by atoms with Crippen LogP contribution in [0.1, 0.15) is 21.6 Å². The first kappa shape index (κ1) is 10.1. The van der Waals surface area contributed by atoms with E-state index in [1.165, 1.54) is 5.56 Å². The van der Waals surface area contributed by atoms with Crippen LogP contribution in [0, 0.1) is 0 Å². The lowest BCUT2D eigenvalue weighted by molar-refractivity contribution is 0.112. The molecule has 0 amide bonds. The molecule has 0 aliphatic heterocycles. The lowest BCUT2D eigenvalue weighted by Crippen LogP contribution is -1.86. The highest BCUT2D eigenvalue weighted by Crippen LogP contribution is 2.17. The van der Waals surface area contributed by atoms with E-state index in [0.717, 1.165) is 18.4 Å². The van der Waals surface area contributed by atoms with Gasteiger partial charge in [0.1, 0.15) is 5.15 Å². The van der Waals surface area contributed by atoms with Crippen LogP contribution >= 0.6 is 11.6 Å². The highest BCUT2D eigenvalue weighted by molar-refractivity contribution is 6.31. The maximum Gasteiger partial charge on any atom is 0.153 e. The second kappa shape index (κ2) is 3.95. The van der Waals surface area contributed by atoms with Crippen molar-refractivity contribution in [2.45, 2.75) is 6.42 Å². The van der Waals surface area contributed by atoms with Crippen LogP contribution in [0.15, 0.2) is 24.5 Å². The smallest absolute Gasteiger partial charge is 0.153 e. The lowest BCUT2D eigenvalue weighted by Gasteiger charge is -1.93. The summed E-state index contributed by atoms with van der Waals surface area (Å²) >= 11 is 5.82. The Morgan fingerprint density at radius 2 is 2.40 bits per heavy atom. The van der Waals surface area contributed by atoms with Gasteiger partial charge in [-0.3, -0.25) is 4.79 Å². The molecule has 0 spiro atoms. The SMILES string of the molecule is Cn1ccc(Cc2cc(C=O)c(Cl)[nH]2)c1. The quantitative estimate of drug-likeness (QED) is 0.796. The summed E-state index contributed by atoms with van der Waals surface area (Å²) in [6, 6.07) is 3.82. The molecule has 0 radical (unpaired) electrons. The predicted molar refractivity (Wildman–Crippen MR) is 59.4 cm³/mol. The first-order valence-corrected chi connectivity index (χ1v) is 5.00. The minimum Gasteiger partial charge on any atom is -0.357 e. The van der Waals surface area contributed by atoms with E-state index >= 15 is 0 Å². The molecule has 0 aliphatic carbocycles. The lowest BCUT2D eigenvalue weighted by atomic mass is 10.2. The predicted octanol–water partition coefficient (Wildman–Crippen LogP) is 2.41. The minimum atomic E-state index is 0.413. The van der Waals surface area contributed by atoms with Gasteiger partial charge in [-0.25, -0.2) is 0 Å². The number of nitrogens with zero attached hydrogens (tertiary/aromatic N) is 1. The van der Waals surface area contributed by atoms with Gasteiger partial charge in [0.25, 0.3) is 0 Å². The van der Waals surface area contributed by atoms with E-state index in [9.17, 15) is 4.79 Å². The van der Waals surface area contributed by atoms with Crippen LogP contribution in [0.4, 0.5) is 0 Å². The van der Waals surface area contributed by atoms with Gasteiger partial charge < -0.3 is 9.55 Å². The van der Waals surface area contributed by atoms with E-state index in [4.69, 9.17) is 11.6 Å². The first-order valence-electron chi connectivity index (χ1n) is 4.62. The van der Waals surface area contributed by atoms with Crippen LogP contribution < -0.4 is 0 Å². The third-order valence-corrected chi connectivity index (χ3v) is 2.58. The molecule has 0 atom stereocenters. The number of aromatic nitrogens is 2. The normalized spacial score (nSPS) is 10.5. The third kappa shape index (κ3) is 2.13. The summed E-state index contributed by atoms with van der Waals surface area (Å²) in [6.07, 6.45) is 5.54. The van der Waals surface area contributed by atoms with Gasteiger partial charge in [-0.1, -0.05) is 11.6 Å². The van der Waals surface area contributed by atoms with Crippen molar-refractivity contribution in [3.05, 3.63) is 46.5 Å². The average Bonchev–Trinajstić information content (AvgIpc) is 2.73. The van der Waals surface area contributed by atoms with Gasteiger partial charge in [-0.2, -0.15) is 0 Å². The van der Waals surface area contributed by atoms with Gasteiger partial charge in [0.15, 0.2) is 6.29 Å². The topological polar surface area (TPSA) is 37.8 Å². The van der Waals surface area contributed by atoms with Gasteiger partial charge in [0, 0.05) is 31.6 Å². The molecule has 0 aromatic carbocycles. The molecule has 0 aliphatic rings. The molecule has 0 saturated heterocycles. The molecular weight excluding hydrogens is 212 g/mol. The van der Waals surface area contributed by atoms with Gasteiger partial charge in [-0.15, -0.1) is 0 Å². The Bertz CT molecular complexity index is 484. The fraction of sp³-hybridized carbons (Fsp3) is 0.182. The van der Waals surface area contributed by atoms with E-state index in [1.807, 2.05) is 30.1 Å². The molecule has 78 valence electrons. The Kier molecular flexibility index (Phi) is 2.64. The molecular formula is C11H11ClN2O. The highest BCUT2D eigenvalue weighted by Gasteiger charge is 2.06. The molecule has 1 N–H and O–H groups in total. The van der Waals surface area contributed by atoms with Crippen molar-refractivity contribution in [2.75, 3.05) is 0 Å². The fourth-order valence-corrected chi connectivity index (χ4v) is 1.79. The van der Waals surface area contributed by atoms with Crippen LogP contribution in [0.2, 0.25) is 5.15 Å². The molecule has 0 bridgehead atoms. The van der Waals surface area contributed by atoms with Crippen LogP contribution in [0.5, 0.6) is 0 Å². The molecule has 2 rings (SSSR count). The molecule has 2 heterocycles. The molecule has 0 saturated carbocycles. The number of aromatic amines is 1. The number of hydrogen-bond donors (Lipinski definition) is 1. The van der Waals surface area contributed by atoms with E-state index in [2.05, 4.69) is 4.98 Å². The van der Waals surface area contributed by atoms with Gasteiger partial charge in [0.05, 0.1) is 5.56 Å². The van der Waals surface area contributed by atoms with Gasteiger partial charge in [-0.05, 0) is 17.7 Å². The average molecular weight is 223 g/mol. The fourth-order valence-electron chi connectivity index (χ4n) is 1.57. The number of aldehydes is 1. The van der Waals surface area contributed by atoms with Crippen LogP contribution in [0.25, 0.3) is 0 Å². The van der Waals surface area contributed by atoms with Crippen molar-refractivity contribution in [1.29, 1.82) is 0 Å². The summed E-state index contributed by atoms with van der Waals surface area (Å²) in [5.74, 6) is 0. The van der Waals surface area contributed by atoms with Crippen molar-refractivity contribution in [1.82, 2.24) is 9.55 Å². The molecule has 0 fully saturated rings. The second-order valence-electron chi connectivity index (χ2n) is 3.54. The molecule has 0 unspecified atom stereocenters. The van der Waals surface area contributed by atoms with Crippen molar-refractivity contribution < 1.29 is 4.79 Å². The number of nitrogens with one attached hydrogen (secondary N) is 1. The number of rotatable bonds is 3. The third-order valence-electron chi connectivity index (χ3n) is 2.27. The van der Waals surface area contributed by atoms with Crippen molar-refractivity contribution in [3.63, 3.8) is 0 Å². The van der Waals surface area contributed by atoms with E-state index in [-0.39, 0.29) is 0 Å². The Hall–Kier alpha value is -1.48. The van der Waals surface area contributed by atoms with Gasteiger partial charge >= 0.3 is 0 Å². The van der Waals surface area contributed by atoms with Crippen LogP contribution in [-0.2, 0) is 13.5 Å². The van der Waals surface area contributed by atoms with Gasteiger partial charge in [0.2, 0.25) is 0 Å². The Labute approximate surface area is 92.7 Å². The zero-order valence-electron chi connectivity index (χ0n) is 8.33. The number of carbonyl (C=O) groups is 1. The highest BCUT2D eigenvalue weighted by atomic mass is 35.5. The van der Waals surface area contributed by atoms with Crippen molar-refractivity contribution >= 4 is 17.9 Å². The molecule has 2 aromatic rings. The van der Waals surface area contributed by atoms with Crippen LogP contribution in [0.3, 0.4) is 0 Å². The Balaban J connectivity index is 2.20. The molecule has 4 heteroatoms. The summed E-state index contributed by atoms with van der Waals surface area (Å²) in [7, 11) is 1.97. The van der Waals surface area contributed by atoms with E-state index < -0.39 is 0 Å². The number of halogens is 1. The van der Waals surface area contributed by atoms with E-state index in [0.29, 0.717) is 10.7 Å². The number of hydrogen-bond acceptors (Lipinski definition) is 1. The first-order chi connectivity index (χ1) is 7.19. The number of aryl methyl sites for hydroxylation is 1. The summed E-state index contributed by atoms with van der Waals surface area (Å²) in [4.78, 5) is 13.6. The van der Waals surface area contributed by atoms with Crippen molar-refractivity contribution in [3.8, 4) is 0 Å². The maximum atomic E-state index is 10.6. The summed E-state index contributed by atoms with van der Waals surface area (Å²) in [5, 5.41) is 0.413. The second-order valence-corrected chi connectivity index (χ2v) is 3.92. The molecule has 3 nitrogen and oxygen atoms in total. The van der Waals surface area contributed by atoms with Crippen molar-refractivity contribution in [2.24, 2.45) is 7.05 Å². The van der Waals surface area contributed by atoms with Crippen LogP contribution in [-0.4, -0.2) is 15.8 Å². The maximum absolute atomic E-state index is 10.6. The number of carbonyl (C=O) groups excluding carboxylic acids is 1. The standard InChI is InChI=1S/C11H11ClN2O/c1-14-3-2-8(6-14)4-10-5-9(7-15)11(12)13-10/h2-3,5-7,13H,4H2,1H3. The van der Waals surface area contributed by atoms with E-state index in [1.54, 1.807) is 6.07 Å². The Morgan fingerprint density at radius 1 is 1.60 bits per heavy atom. The monoisotopic (exact) mass is 222 g/mol. The minimum absolute atomic E-state index is 0.413. The largest absolute Gasteiger partial charge is 0.357 e. The number of H-pyrrole nitrogens is 1. The zero-order chi connectivity index (χ0) is 10.8. The Morgan fingerprint density at radius 3 is 2.93 bits per heavy atom. The summed E-state index contributed by atoms with van der Waals surface area (Å²) < 4.78 is 1.99. The molecule has 15 heavy (non-hydrogen) atoms. The summed E-state index contributed by atoms with van der Waals surface area (Å²) in [6.45, 7) is 0. The summed E-state index contributed by atoms with van der Waals surface area (Å²) in [5.41, 5.74) is 2.66. The molecule has 2 aromatic heterocycles.